The molecule has 0 amide bonds. The predicted octanol–water partition coefficient (Wildman–Crippen LogP) is 1.57. The maximum absolute atomic E-state index is 12.5. The van der Waals surface area contributed by atoms with E-state index in [-0.39, 0.29) is 33.2 Å². The molecule has 1 aromatic rings. The Hall–Kier alpha value is -0.730. The highest BCUT2D eigenvalue weighted by Crippen LogP contribution is 2.35. The van der Waals surface area contributed by atoms with Gasteiger partial charge < -0.3 is 10.5 Å². The van der Waals surface area contributed by atoms with E-state index in [4.69, 9.17) is 34.3 Å². The maximum atomic E-state index is 12.5. The van der Waals surface area contributed by atoms with Crippen molar-refractivity contribution in [2.24, 2.45) is 5.73 Å². The van der Waals surface area contributed by atoms with Crippen molar-refractivity contribution in [3.63, 3.8) is 0 Å². The molecule has 21 heavy (non-hydrogen) atoms. The number of hydrogen-bond donors (Lipinski definition) is 2. The van der Waals surface area contributed by atoms with E-state index < -0.39 is 10.0 Å². The zero-order valence-corrected chi connectivity index (χ0v) is 13.5. The lowest BCUT2D eigenvalue weighted by atomic mass is 9.96. The van der Waals surface area contributed by atoms with Crippen LogP contribution in [0.2, 0.25) is 5.02 Å². The molecule has 2 aliphatic heterocycles. The van der Waals surface area contributed by atoms with Crippen LogP contribution in [-0.4, -0.2) is 31.7 Å². The van der Waals surface area contributed by atoms with Gasteiger partial charge in [-0.1, -0.05) is 29.9 Å². The van der Waals surface area contributed by atoms with E-state index in [9.17, 15) is 8.42 Å². The molecule has 0 aliphatic carbocycles. The summed E-state index contributed by atoms with van der Waals surface area (Å²) in [5.74, 6) is 0. The summed E-state index contributed by atoms with van der Waals surface area (Å²) in [4.78, 5) is 0.128. The number of nitrogens with two attached hydrogens (primary N) is 1. The first-order valence-corrected chi connectivity index (χ1v) is 8.91. The van der Waals surface area contributed by atoms with Crippen LogP contribution in [0.15, 0.2) is 23.1 Å². The molecule has 0 aromatic heterocycles. The van der Waals surface area contributed by atoms with E-state index in [0.29, 0.717) is 12.0 Å². The summed E-state index contributed by atoms with van der Waals surface area (Å²) in [5.41, 5.74) is 6.01. The fraction of sp³-hybridized carbons (Fsp3) is 0.462. The zero-order chi connectivity index (χ0) is 15.2. The molecule has 0 saturated carbocycles. The van der Waals surface area contributed by atoms with Gasteiger partial charge in [0, 0.05) is 5.56 Å². The van der Waals surface area contributed by atoms with Crippen LogP contribution >= 0.6 is 23.8 Å². The Kier molecular flexibility index (Phi) is 3.96. The van der Waals surface area contributed by atoms with Crippen molar-refractivity contribution in [2.45, 2.75) is 42.4 Å². The van der Waals surface area contributed by atoms with E-state index in [1.54, 1.807) is 6.07 Å². The van der Waals surface area contributed by atoms with Crippen LogP contribution in [0.3, 0.4) is 0 Å². The monoisotopic (exact) mass is 346 g/mol. The fourth-order valence-corrected chi connectivity index (χ4v) is 4.82. The van der Waals surface area contributed by atoms with Gasteiger partial charge in [-0.15, -0.1) is 0 Å². The molecule has 2 aliphatic rings. The van der Waals surface area contributed by atoms with Crippen LogP contribution in [-0.2, 0) is 14.8 Å². The van der Waals surface area contributed by atoms with Crippen LogP contribution in [0.1, 0.15) is 24.8 Å². The lowest BCUT2D eigenvalue weighted by molar-refractivity contribution is 0.0996. The Morgan fingerprint density at radius 2 is 2.19 bits per heavy atom. The molecule has 3 N–H and O–H groups in total. The number of nitrogens with one attached hydrogen (secondary N) is 1. The second kappa shape index (κ2) is 5.48. The smallest absolute Gasteiger partial charge is 0.242 e. The van der Waals surface area contributed by atoms with Crippen molar-refractivity contribution in [2.75, 3.05) is 0 Å². The van der Waals surface area contributed by atoms with Gasteiger partial charge in [0.05, 0.1) is 23.3 Å². The third-order valence-electron chi connectivity index (χ3n) is 3.92. The van der Waals surface area contributed by atoms with Crippen molar-refractivity contribution >= 4 is 38.8 Å². The first kappa shape index (κ1) is 15.2. The minimum atomic E-state index is -3.73. The Labute approximate surface area is 133 Å². The lowest BCUT2D eigenvalue weighted by Gasteiger charge is -2.20. The second-order valence-corrected chi connectivity index (χ2v) is 7.88. The number of halogens is 1. The third-order valence-corrected chi connectivity index (χ3v) is 6.12. The van der Waals surface area contributed by atoms with E-state index >= 15 is 0 Å². The molecule has 0 spiro atoms. The van der Waals surface area contributed by atoms with Crippen LogP contribution in [0, 0.1) is 0 Å². The summed E-state index contributed by atoms with van der Waals surface area (Å²) in [7, 11) is -3.73. The highest BCUT2D eigenvalue weighted by atomic mass is 35.5. The van der Waals surface area contributed by atoms with Gasteiger partial charge in [0.2, 0.25) is 10.0 Å². The molecular weight excluding hydrogens is 332 g/mol. The second-order valence-electron chi connectivity index (χ2n) is 5.35. The summed E-state index contributed by atoms with van der Waals surface area (Å²) in [5, 5.41) is 0.145. The Morgan fingerprint density at radius 3 is 2.76 bits per heavy atom. The SMILES string of the molecule is NC(=S)c1ccc(Cl)c(S(=O)(=O)NC2CC3CCC2O3)c1. The molecular formula is C13H15ClN2O3S2. The molecule has 2 bridgehead atoms. The molecule has 5 nitrogen and oxygen atoms in total. The number of rotatable bonds is 4. The minimum Gasteiger partial charge on any atom is -0.389 e. The van der Waals surface area contributed by atoms with Gasteiger partial charge >= 0.3 is 0 Å². The molecule has 2 fully saturated rings. The van der Waals surface area contributed by atoms with E-state index in [0.717, 1.165) is 12.8 Å². The highest BCUT2D eigenvalue weighted by molar-refractivity contribution is 7.89. The van der Waals surface area contributed by atoms with Crippen molar-refractivity contribution in [3.8, 4) is 0 Å². The summed E-state index contributed by atoms with van der Waals surface area (Å²) >= 11 is 10.9. The third kappa shape index (κ3) is 2.93. The van der Waals surface area contributed by atoms with Gasteiger partial charge in [-0.25, -0.2) is 13.1 Å². The number of ether oxygens (including phenoxy) is 1. The minimum absolute atomic E-state index is 0.00256. The maximum Gasteiger partial charge on any atom is 0.242 e. The molecule has 3 unspecified atom stereocenters. The Bertz CT molecular complexity index is 693. The summed E-state index contributed by atoms with van der Waals surface area (Å²) < 4.78 is 33.4. The fourth-order valence-electron chi connectivity index (χ4n) is 2.89. The van der Waals surface area contributed by atoms with Crippen LogP contribution < -0.4 is 10.5 Å². The number of thiocarbonyl (C=S) groups is 1. The Morgan fingerprint density at radius 1 is 1.43 bits per heavy atom. The molecule has 8 heteroatoms. The lowest BCUT2D eigenvalue weighted by Crippen LogP contribution is -2.41. The number of sulfonamides is 1. The number of fused-ring (bicyclic) bond motifs is 2. The van der Waals surface area contributed by atoms with Gasteiger partial charge in [-0.2, -0.15) is 0 Å². The first-order valence-electron chi connectivity index (χ1n) is 6.64. The molecule has 3 atom stereocenters. The van der Waals surface area contributed by atoms with E-state index in [2.05, 4.69) is 4.72 Å². The predicted molar refractivity (Wildman–Crippen MR) is 84.0 cm³/mol. The molecule has 2 saturated heterocycles. The summed E-state index contributed by atoms with van der Waals surface area (Å²) in [6.45, 7) is 0. The van der Waals surface area contributed by atoms with Crippen LogP contribution in [0.25, 0.3) is 0 Å². The van der Waals surface area contributed by atoms with Gasteiger partial charge in [0.1, 0.15) is 9.88 Å². The van der Waals surface area contributed by atoms with Gasteiger partial charge in [-0.05, 0) is 31.4 Å². The highest BCUT2D eigenvalue weighted by Gasteiger charge is 2.42. The summed E-state index contributed by atoms with van der Waals surface area (Å²) in [6, 6.07) is 4.30. The largest absolute Gasteiger partial charge is 0.389 e. The van der Waals surface area contributed by atoms with Crippen molar-refractivity contribution in [1.82, 2.24) is 4.72 Å². The van der Waals surface area contributed by atoms with E-state index in [1.807, 2.05) is 0 Å². The normalized spacial score (nSPS) is 28.0. The molecule has 0 radical (unpaired) electrons. The average Bonchev–Trinajstić information content (AvgIpc) is 3.00. The Balaban J connectivity index is 1.88. The van der Waals surface area contributed by atoms with Crippen molar-refractivity contribution in [3.05, 3.63) is 28.8 Å². The van der Waals surface area contributed by atoms with Crippen LogP contribution in [0.5, 0.6) is 0 Å². The van der Waals surface area contributed by atoms with Gasteiger partial charge in [0.15, 0.2) is 0 Å². The molecule has 2 heterocycles. The van der Waals surface area contributed by atoms with Crippen molar-refractivity contribution in [1.29, 1.82) is 0 Å². The topological polar surface area (TPSA) is 81.4 Å². The standard InChI is InChI=1S/C13H15ClN2O3S2/c14-9-3-1-7(13(15)20)5-12(9)21(17,18)16-10-6-8-2-4-11(10)19-8/h1,3,5,8,10-11,16H,2,4,6H2,(H2,15,20). The zero-order valence-electron chi connectivity index (χ0n) is 11.1. The molecule has 1 aromatic carbocycles. The van der Waals surface area contributed by atoms with E-state index in [1.165, 1.54) is 12.1 Å². The molecule has 3 rings (SSSR count). The number of hydrogen-bond acceptors (Lipinski definition) is 4. The first-order chi connectivity index (χ1) is 9.87. The van der Waals surface area contributed by atoms with Crippen LogP contribution in [0.4, 0.5) is 0 Å². The summed E-state index contributed by atoms with van der Waals surface area (Å²) in [6.07, 6.45) is 2.72. The quantitative estimate of drug-likeness (QED) is 0.809. The van der Waals surface area contributed by atoms with Gasteiger partial charge in [-0.3, -0.25) is 0 Å². The number of benzene rings is 1. The average molecular weight is 347 g/mol. The van der Waals surface area contributed by atoms with Crippen molar-refractivity contribution < 1.29 is 13.2 Å². The molecule has 114 valence electrons. The van der Waals surface area contributed by atoms with Gasteiger partial charge in [0.25, 0.3) is 0 Å².